The second-order valence-electron chi connectivity index (χ2n) is 8.20. The predicted octanol–water partition coefficient (Wildman–Crippen LogP) is 5.79. The molecule has 0 amide bonds. The van der Waals surface area contributed by atoms with Crippen molar-refractivity contribution in [3.05, 3.63) is 48.0 Å². The maximum Gasteiger partial charge on any atom is 0.335 e. The Morgan fingerprint density at radius 1 is 0.939 bits per heavy atom. The highest BCUT2D eigenvalue weighted by molar-refractivity contribution is 7.89. The number of para-hydroxylation sites is 1. The van der Waals surface area contributed by atoms with Gasteiger partial charge in [-0.25, -0.2) is 18.4 Å². The second kappa shape index (κ2) is 13.2. The van der Waals surface area contributed by atoms with Crippen LogP contribution in [0.2, 0.25) is 0 Å². The summed E-state index contributed by atoms with van der Waals surface area (Å²) in [5.74, 6) is -0.701. The van der Waals surface area contributed by atoms with Gasteiger partial charge in [0.15, 0.2) is 5.75 Å². The number of primary sulfonamides is 1. The lowest BCUT2D eigenvalue weighted by atomic mass is 10.1. The Hall–Kier alpha value is -2.58. The number of aromatic carboxylic acids is 1. The van der Waals surface area contributed by atoms with Crippen LogP contribution in [-0.2, 0) is 10.0 Å². The molecule has 33 heavy (non-hydrogen) atoms. The first-order valence-electron chi connectivity index (χ1n) is 11.7. The molecule has 8 heteroatoms. The molecule has 0 radical (unpaired) electrons. The number of unbranched alkanes of at least 4 members (excludes halogenated alkanes) is 6. The van der Waals surface area contributed by atoms with Crippen LogP contribution in [0.3, 0.4) is 0 Å². The number of ether oxygens (including phenoxy) is 1. The van der Waals surface area contributed by atoms with Gasteiger partial charge in [-0.3, -0.25) is 0 Å². The van der Waals surface area contributed by atoms with E-state index in [9.17, 15) is 18.3 Å². The molecule has 0 atom stereocenters. The number of hydrogen-bond donors (Lipinski definition) is 2. The van der Waals surface area contributed by atoms with Gasteiger partial charge < -0.3 is 14.7 Å². The van der Waals surface area contributed by atoms with Gasteiger partial charge in [-0.1, -0.05) is 70.6 Å². The van der Waals surface area contributed by atoms with Crippen LogP contribution in [0, 0.1) is 0 Å². The zero-order valence-electron chi connectivity index (χ0n) is 19.6. The van der Waals surface area contributed by atoms with Crippen LogP contribution in [0.5, 0.6) is 11.5 Å². The minimum atomic E-state index is -4.24. The standard InChI is InChI=1S/C25H36N2O5S/c1-3-5-7-12-16-27(17-13-8-6-4-2)22-18-20(25(28)29)19-23(33(26,30)31)24(22)32-21-14-10-9-11-15-21/h9-11,14-15,18-19H,3-8,12-13,16-17H2,1-2H3,(H,28,29)(H2,26,30,31). The van der Waals surface area contributed by atoms with Crippen molar-refractivity contribution >= 4 is 21.7 Å². The molecule has 0 aliphatic carbocycles. The second-order valence-corrected chi connectivity index (χ2v) is 9.73. The Morgan fingerprint density at radius 2 is 1.52 bits per heavy atom. The molecule has 0 saturated carbocycles. The Bertz CT molecular complexity index is 981. The molecule has 0 aromatic heterocycles. The quantitative estimate of drug-likeness (QED) is 0.315. The number of carboxylic acid groups (broad SMARTS) is 1. The molecule has 2 aromatic carbocycles. The van der Waals surface area contributed by atoms with Crippen LogP contribution < -0.4 is 14.8 Å². The molecule has 182 valence electrons. The smallest absolute Gasteiger partial charge is 0.335 e. The van der Waals surface area contributed by atoms with Crippen molar-refractivity contribution in [2.24, 2.45) is 5.14 Å². The lowest BCUT2D eigenvalue weighted by Crippen LogP contribution is -2.27. The SMILES string of the molecule is CCCCCCN(CCCCCC)c1cc(C(=O)O)cc(S(N)(=O)=O)c1Oc1ccccc1. The topological polar surface area (TPSA) is 110 Å². The average Bonchev–Trinajstić information content (AvgIpc) is 2.78. The normalized spacial score (nSPS) is 11.4. The van der Waals surface area contributed by atoms with Gasteiger partial charge in [0.05, 0.1) is 11.3 Å². The van der Waals surface area contributed by atoms with E-state index in [0.29, 0.717) is 24.5 Å². The van der Waals surface area contributed by atoms with Gasteiger partial charge in [0.2, 0.25) is 10.0 Å². The average molecular weight is 477 g/mol. The number of hydrogen-bond acceptors (Lipinski definition) is 5. The van der Waals surface area contributed by atoms with Gasteiger partial charge >= 0.3 is 5.97 Å². The van der Waals surface area contributed by atoms with Crippen molar-refractivity contribution in [1.82, 2.24) is 0 Å². The van der Waals surface area contributed by atoms with Gasteiger partial charge in [0, 0.05) is 13.1 Å². The van der Waals surface area contributed by atoms with E-state index in [2.05, 4.69) is 13.8 Å². The lowest BCUT2D eigenvalue weighted by molar-refractivity contribution is 0.0696. The maximum absolute atomic E-state index is 12.5. The first-order valence-corrected chi connectivity index (χ1v) is 13.2. The number of anilines is 1. The molecule has 2 rings (SSSR count). The number of sulfonamides is 1. The van der Waals surface area contributed by atoms with Gasteiger partial charge in [-0.2, -0.15) is 0 Å². The van der Waals surface area contributed by atoms with Crippen molar-refractivity contribution in [3.63, 3.8) is 0 Å². The molecule has 3 N–H and O–H groups in total. The number of nitrogens with two attached hydrogens (primary N) is 1. The van der Waals surface area contributed by atoms with Crippen LogP contribution in [0.1, 0.15) is 75.6 Å². The summed E-state index contributed by atoms with van der Waals surface area (Å²) in [7, 11) is -4.24. The summed E-state index contributed by atoms with van der Waals surface area (Å²) in [6.45, 7) is 5.63. The first-order chi connectivity index (χ1) is 15.8. The molecular formula is C25H36N2O5S. The summed E-state index contributed by atoms with van der Waals surface area (Å²) in [4.78, 5) is 13.5. The molecule has 2 aromatic rings. The van der Waals surface area contributed by atoms with Crippen molar-refractivity contribution in [1.29, 1.82) is 0 Å². The molecule has 0 heterocycles. The van der Waals surface area contributed by atoms with Crippen LogP contribution in [0.25, 0.3) is 0 Å². The van der Waals surface area contributed by atoms with Crippen molar-refractivity contribution in [2.45, 2.75) is 70.1 Å². The van der Waals surface area contributed by atoms with Gasteiger partial charge in [-0.05, 0) is 37.1 Å². The molecule has 0 bridgehead atoms. The molecule has 7 nitrogen and oxygen atoms in total. The number of carbonyl (C=O) groups is 1. The first kappa shape index (κ1) is 26.7. The largest absolute Gasteiger partial charge is 0.478 e. The monoisotopic (exact) mass is 476 g/mol. The fourth-order valence-corrected chi connectivity index (χ4v) is 4.37. The van der Waals surface area contributed by atoms with E-state index in [4.69, 9.17) is 9.88 Å². The summed E-state index contributed by atoms with van der Waals surface area (Å²) >= 11 is 0. The summed E-state index contributed by atoms with van der Waals surface area (Å²) < 4.78 is 31.0. The molecule has 0 aliphatic rings. The minimum absolute atomic E-state index is 0.0692. The Labute approximate surface area is 197 Å². The summed E-state index contributed by atoms with van der Waals surface area (Å²) in [5.41, 5.74) is 0.303. The van der Waals surface area contributed by atoms with E-state index in [0.717, 1.165) is 57.4 Å². The van der Waals surface area contributed by atoms with Gasteiger partial charge in [0.1, 0.15) is 10.6 Å². The molecule has 0 saturated heterocycles. The third-order valence-corrected chi connectivity index (χ3v) is 6.37. The number of nitrogens with zero attached hydrogens (tertiary/aromatic N) is 1. The van der Waals surface area contributed by atoms with Crippen molar-refractivity contribution in [2.75, 3.05) is 18.0 Å². The minimum Gasteiger partial charge on any atom is -0.478 e. The molecular weight excluding hydrogens is 440 g/mol. The molecule has 0 fully saturated rings. The highest BCUT2D eigenvalue weighted by Gasteiger charge is 2.26. The summed E-state index contributed by atoms with van der Waals surface area (Å²) in [5, 5.41) is 15.2. The number of rotatable bonds is 15. The van der Waals surface area contributed by atoms with E-state index in [1.165, 1.54) is 6.07 Å². The zero-order valence-corrected chi connectivity index (χ0v) is 20.4. The van der Waals surface area contributed by atoms with Gasteiger partial charge in [0.25, 0.3) is 0 Å². The van der Waals surface area contributed by atoms with E-state index in [1.807, 2.05) is 11.0 Å². The highest BCUT2D eigenvalue weighted by atomic mass is 32.2. The molecule has 0 spiro atoms. The van der Waals surface area contributed by atoms with Crippen LogP contribution in [0.4, 0.5) is 5.69 Å². The fraction of sp³-hybridized carbons (Fsp3) is 0.480. The van der Waals surface area contributed by atoms with Crippen molar-refractivity contribution < 1.29 is 23.1 Å². The van der Waals surface area contributed by atoms with Crippen LogP contribution in [-0.4, -0.2) is 32.6 Å². The third kappa shape index (κ3) is 8.37. The Balaban J connectivity index is 2.58. The summed E-state index contributed by atoms with van der Waals surface area (Å²) in [6, 6.07) is 11.4. The third-order valence-electron chi connectivity index (χ3n) is 5.46. The van der Waals surface area contributed by atoms with Crippen LogP contribution >= 0.6 is 0 Å². The number of carboxylic acids is 1. The highest BCUT2D eigenvalue weighted by Crippen LogP contribution is 2.39. The fourth-order valence-electron chi connectivity index (χ4n) is 3.68. The van der Waals surface area contributed by atoms with E-state index in [1.54, 1.807) is 24.3 Å². The maximum atomic E-state index is 12.5. The van der Waals surface area contributed by atoms with E-state index in [-0.39, 0.29) is 16.2 Å². The van der Waals surface area contributed by atoms with E-state index >= 15 is 0 Å². The van der Waals surface area contributed by atoms with E-state index < -0.39 is 16.0 Å². The Morgan fingerprint density at radius 3 is 2.00 bits per heavy atom. The summed E-state index contributed by atoms with van der Waals surface area (Å²) in [6.07, 6.45) is 8.31. The molecule has 0 aliphatic heterocycles. The van der Waals surface area contributed by atoms with Crippen LogP contribution in [0.15, 0.2) is 47.4 Å². The zero-order chi connectivity index (χ0) is 24.3. The van der Waals surface area contributed by atoms with Crippen molar-refractivity contribution in [3.8, 4) is 11.5 Å². The number of benzene rings is 2. The lowest BCUT2D eigenvalue weighted by Gasteiger charge is -2.28. The Kier molecular flexibility index (Phi) is 10.7. The molecule has 0 unspecified atom stereocenters. The predicted molar refractivity (Wildman–Crippen MR) is 132 cm³/mol. The van der Waals surface area contributed by atoms with Gasteiger partial charge in [-0.15, -0.1) is 0 Å².